The van der Waals surface area contributed by atoms with Gasteiger partial charge in [-0.1, -0.05) is 38.1 Å². The third-order valence-electron chi connectivity index (χ3n) is 3.49. The van der Waals surface area contributed by atoms with E-state index in [0.29, 0.717) is 6.04 Å². The second-order valence-corrected chi connectivity index (χ2v) is 4.86. The lowest BCUT2D eigenvalue weighted by molar-refractivity contribution is 0.299. The summed E-state index contributed by atoms with van der Waals surface area (Å²) in [6.45, 7) is 9.26. The molecular formula is C16H23BrN2. The smallest absolute Gasteiger partial charge is 0.0944 e. The van der Waals surface area contributed by atoms with Crippen LogP contribution in [0.25, 0.3) is 6.08 Å². The molecule has 0 N–H and O–H groups in total. The molecule has 3 heteroatoms. The van der Waals surface area contributed by atoms with E-state index in [1.165, 1.54) is 18.5 Å². The molecular weight excluding hydrogens is 300 g/mol. The van der Waals surface area contributed by atoms with Crippen LogP contribution in [0.5, 0.6) is 0 Å². The minimum Gasteiger partial charge on any atom is -0.356 e. The van der Waals surface area contributed by atoms with Crippen molar-refractivity contribution in [2.24, 2.45) is 0 Å². The van der Waals surface area contributed by atoms with Crippen molar-refractivity contribution in [2.45, 2.75) is 32.7 Å². The number of hydrogen-bond donors (Lipinski definition) is 0. The zero-order valence-corrected chi connectivity index (χ0v) is 13.5. The SMILES string of the molecule is Br.C=Cc1ccc(N2C=CN(C(C)CCC)C2)cc1. The van der Waals surface area contributed by atoms with Crippen LogP contribution < -0.4 is 4.90 Å². The van der Waals surface area contributed by atoms with E-state index in [1.807, 2.05) is 6.08 Å². The molecule has 0 aliphatic carbocycles. The Morgan fingerprint density at radius 1 is 1.26 bits per heavy atom. The Morgan fingerprint density at radius 2 is 1.95 bits per heavy atom. The molecule has 2 rings (SSSR count). The highest BCUT2D eigenvalue weighted by Crippen LogP contribution is 2.22. The summed E-state index contributed by atoms with van der Waals surface area (Å²) in [5.41, 5.74) is 2.40. The van der Waals surface area contributed by atoms with Crippen LogP contribution in [-0.4, -0.2) is 17.6 Å². The fourth-order valence-corrected chi connectivity index (χ4v) is 2.28. The van der Waals surface area contributed by atoms with E-state index in [2.05, 4.69) is 66.9 Å². The van der Waals surface area contributed by atoms with Crippen molar-refractivity contribution in [1.82, 2.24) is 4.90 Å². The fourth-order valence-electron chi connectivity index (χ4n) is 2.28. The van der Waals surface area contributed by atoms with Crippen molar-refractivity contribution in [3.05, 3.63) is 48.8 Å². The van der Waals surface area contributed by atoms with Crippen molar-refractivity contribution in [2.75, 3.05) is 11.6 Å². The van der Waals surface area contributed by atoms with Gasteiger partial charge in [-0.2, -0.15) is 0 Å². The number of anilines is 1. The van der Waals surface area contributed by atoms with Crippen LogP contribution >= 0.6 is 17.0 Å². The zero-order valence-electron chi connectivity index (χ0n) is 11.7. The normalized spacial score (nSPS) is 15.3. The summed E-state index contributed by atoms with van der Waals surface area (Å²) >= 11 is 0. The molecule has 19 heavy (non-hydrogen) atoms. The maximum Gasteiger partial charge on any atom is 0.0944 e. The highest BCUT2D eigenvalue weighted by Gasteiger charge is 2.17. The van der Waals surface area contributed by atoms with E-state index in [1.54, 1.807) is 0 Å². The van der Waals surface area contributed by atoms with E-state index >= 15 is 0 Å². The van der Waals surface area contributed by atoms with Crippen LogP contribution in [0, 0.1) is 0 Å². The van der Waals surface area contributed by atoms with Crippen molar-refractivity contribution in [3.8, 4) is 0 Å². The molecule has 1 aromatic carbocycles. The van der Waals surface area contributed by atoms with Gasteiger partial charge in [-0.05, 0) is 31.0 Å². The minimum absolute atomic E-state index is 0. The molecule has 0 bridgehead atoms. The predicted octanol–water partition coefficient (Wildman–Crippen LogP) is 4.65. The summed E-state index contributed by atoms with van der Waals surface area (Å²) in [4.78, 5) is 4.67. The number of halogens is 1. The fraction of sp³-hybridized carbons (Fsp3) is 0.375. The van der Waals surface area contributed by atoms with Gasteiger partial charge in [0.15, 0.2) is 0 Å². The summed E-state index contributed by atoms with van der Waals surface area (Å²) < 4.78 is 0. The van der Waals surface area contributed by atoms with E-state index in [-0.39, 0.29) is 17.0 Å². The average Bonchev–Trinajstić information content (AvgIpc) is 2.89. The van der Waals surface area contributed by atoms with Crippen molar-refractivity contribution < 1.29 is 0 Å². The molecule has 104 valence electrons. The maximum absolute atomic E-state index is 3.78. The largest absolute Gasteiger partial charge is 0.356 e. The van der Waals surface area contributed by atoms with E-state index < -0.39 is 0 Å². The number of benzene rings is 1. The van der Waals surface area contributed by atoms with Gasteiger partial charge in [0.05, 0.1) is 6.67 Å². The highest BCUT2D eigenvalue weighted by molar-refractivity contribution is 8.93. The first-order valence-electron chi connectivity index (χ1n) is 6.67. The number of rotatable bonds is 5. The Morgan fingerprint density at radius 3 is 2.53 bits per heavy atom. The van der Waals surface area contributed by atoms with E-state index in [4.69, 9.17) is 0 Å². The Labute approximate surface area is 127 Å². The van der Waals surface area contributed by atoms with Gasteiger partial charge in [-0.3, -0.25) is 0 Å². The summed E-state index contributed by atoms with van der Waals surface area (Å²) in [5.74, 6) is 0. The topological polar surface area (TPSA) is 6.48 Å². The lowest BCUT2D eigenvalue weighted by atomic mass is 10.2. The molecule has 1 aliphatic heterocycles. The van der Waals surface area contributed by atoms with Gasteiger partial charge in [-0.15, -0.1) is 17.0 Å². The van der Waals surface area contributed by atoms with Gasteiger partial charge in [0.1, 0.15) is 0 Å². The molecule has 0 spiro atoms. The van der Waals surface area contributed by atoms with Crippen molar-refractivity contribution >= 4 is 28.7 Å². The van der Waals surface area contributed by atoms with Crippen LogP contribution in [0.2, 0.25) is 0 Å². The molecule has 1 unspecified atom stereocenters. The lowest BCUT2D eigenvalue weighted by Crippen LogP contribution is -2.31. The lowest BCUT2D eigenvalue weighted by Gasteiger charge is -2.26. The molecule has 0 amide bonds. The molecule has 0 saturated carbocycles. The van der Waals surface area contributed by atoms with Crippen LogP contribution in [0.15, 0.2) is 43.2 Å². The quantitative estimate of drug-likeness (QED) is 0.778. The van der Waals surface area contributed by atoms with Gasteiger partial charge in [0.2, 0.25) is 0 Å². The molecule has 1 heterocycles. The zero-order chi connectivity index (χ0) is 13.0. The van der Waals surface area contributed by atoms with E-state index in [9.17, 15) is 0 Å². The molecule has 0 saturated heterocycles. The molecule has 1 aliphatic rings. The van der Waals surface area contributed by atoms with Crippen LogP contribution in [0.4, 0.5) is 5.69 Å². The Hall–Kier alpha value is -1.22. The van der Waals surface area contributed by atoms with Gasteiger partial charge in [0.25, 0.3) is 0 Å². The summed E-state index contributed by atoms with van der Waals surface area (Å²) in [7, 11) is 0. The molecule has 0 aromatic heterocycles. The highest BCUT2D eigenvalue weighted by atomic mass is 79.9. The Bertz CT molecular complexity index is 425. The third-order valence-corrected chi connectivity index (χ3v) is 3.49. The Kier molecular flexibility index (Phi) is 6.16. The monoisotopic (exact) mass is 322 g/mol. The predicted molar refractivity (Wildman–Crippen MR) is 89.6 cm³/mol. The summed E-state index contributed by atoms with van der Waals surface area (Å²) in [6.07, 6.45) is 8.71. The average molecular weight is 323 g/mol. The first kappa shape index (κ1) is 15.8. The minimum atomic E-state index is 0. The molecule has 1 atom stereocenters. The second-order valence-electron chi connectivity index (χ2n) is 4.86. The first-order valence-corrected chi connectivity index (χ1v) is 6.67. The number of hydrogen-bond acceptors (Lipinski definition) is 2. The first-order chi connectivity index (χ1) is 8.74. The third kappa shape index (κ3) is 3.87. The van der Waals surface area contributed by atoms with Crippen LogP contribution in [0.1, 0.15) is 32.3 Å². The Balaban J connectivity index is 0.00000180. The molecule has 0 radical (unpaired) electrons. The molecule has 1 aromatic rings. The van der Waals surface area contributed by atoms with Crippen molar-refractivity contribution in [1.29, 1.82) is 0 Å². The van der Waals surface area contributed by atoms with Gasteiger partial charge >= 0.3 is 0 Å². The van der Waals surface area contributed by atoms with E-state index in [0.717, 1.165) is 12.2 Å². The standard InChI is InChI=1S/C16H22N2.BrH/c1-4-6-14(3)17-11-12-18(13-17)16-9-7-15(5-2)8-10-16;/h5,7-12,14H,2,4,6,13H2,1,3H3;1H. The summed E-state index contributed by atoms with van der Waals surface area (Å²) in [6, 6.07) is 9.12. The van der Waals surface area contributed by atoms with Gasteiger partial charge in [-0.25, -0.2) is 0 Å². The number of nitrogens with zero attached hydrogens (tertiary/aromatic N) is 2. The molecule has 0 fully saturated rings. The maximum atomic E-state index is 3.78. The van der Waals surface area contributed by atoms with Crippen molar-refractivity contribution in [3.63, 3.8) is 0 Å². The van der Waals surface area contributed by atoms with Crippen LogP contribution in [-0.2, 0) is 0 Å². The van der Waals surface area contributed by atoms with Gasteiger partial charge in [0, 0.05) is 24.1 Å². The molecule has 2 nitrogen and oxygen atoms in total. The van der Waals surface area contributed by atoms with Gasteiger partial charge < -0.3 is 9.80 Å². The van der Waals surface area contributed by atoms with Crippen LogP contribution in [0.3, 0.4) is 0 Å². The summed E-state index contributed by atoms with van der Waals surface area (Å²) in [5, 5.41) is 0. The second kappa shape index (κ2) is 7.39.